The smallest absolute Gasteiger partial charge is 0.220 e. The highest BCUT2D eigenvalue weighted by Crippen LogP contribution is 2.21. The Kier molecular flexibility index (Phi) is 8.38. The van der Waals surface area contributed by atoms with Crippen LogP contribution in [0.2, 0.25) is 5.02 Å². The van der Waals surface area contributed by atoms with Crippen LogP contribution in [0, 0.1) is 0 Å². The molecule has 1 amide bonds. The van der Waals surface area contributed by atoms with Gasteiger partial charge in [-0.25, -0.2) is 0 Å². The zero-order valence-corrected chi connectivity index (χ0v) is 13.6. The summed E-state index contributed by atoms with van der Waals surface area (Å²) in [7, 11) is 0. The average molecular weight is 335 g/mol. The molecule has 0 saturated carbocycles. The van der Waals surface area contributed by atoms with Gasteiger partial charge >= 0.3 is 0 Å². The maximum absolute atomic E-state index is 11.7. The lowest BCUT2D eigenvalue weighted by molar-refractivity contribution is -0.121. The van der Waals surface area contributed by atoms with Crippen molar-refractivity contribution in [2.24, 2.45) is 0 Å². The number of carbonyl (C=O) groups excluding carboxylic acids is 1. The Morgan fingerprint density at radius 3 is 2.80 bits per heavy atom. The van der Waals surface area contributed by atoms with E-state index >= 15 is 0 Å². The van der Waals surface area contributed by atoms with E-state index in [9.17, 15) is 4.79 Å². The van der Waals surface area contributed by atoms with Gasteiger partial charge in [0.1, 0.15) is 0 Å². The van der Waals surface area contributed by atoms with Gasteiger partial charge in [0.25, 0.3) is 0 Å². The predicted octanol–water partition coefficient (Wildman–Crippen LogP) is 3.11. The molecule has 20 heavy (non-hydrogen) atoms. The Morgan fingerprint density at radius 1 is 1.40 bits per heavy atom. The second-order valence-corrected chi connectivity index (χ2v) is 6.27. The summed E-state index contributed by atoms with van der Waals surface area (Å²) in [5.41, 5.74) is 0. The first-order chi connectivity index (χ1) is 9.24. The number of rotatable bonds is 6. The van der Waals surface area contributed by atoms with E-state index in [0.717, 1.165) is 36.7 Å². The number of benzene rings is 1. The van der Waals surface area contributed by atoms with Crippen molar-refractivity contribution in [3.63, 3.8) is 0 Å². The van der Waals surface area contributed by atoms with Crippen LogP contribution in [0.1, 0.15) is 19.3 Å². The van der Waals surface area contributed by atoms with Gasteiger partial charge in [0.15, 0.2) is 0 Å². The monoisotopic (exact) mass is 334 g/mol. The Balaban J connectivity index is 0.00000200. The molecule has 1 aromatic carbocycles. The highest BCUT2D eigenvalue weighted by molar-refractivity contribution is 7.99. The minimum atomic E-state index is 0. The fraction of sp³-hybridized carbons (Fsp3) is 0.500. The van der Waals surface area contributed by atoms with Crippen LogP contribution in [0.5, 0.6) is 0 Å². The van der Waals surface area contributed by atoms with Crippen LogP contribution in [0.3, 0.4) is 0 Å². The molecule has 1 heterocycles. The van der Waals surface area contributed by atoms with Crippen LogP contribution >= 0.6 is 35.8 Å². The maximum Gasteiger partial charge on any atom is 0.220 e. The number of thioether (sulfide) groups is 1. The number of hydrogen-bond acceptors (Lipinski definition) is 3. The average Bonchev–Trinajstić information content (AvgIpc) is 2.89. The van der Waals surface area contributed by atoms with Crippen LogP contribution in [-0.2, 0) is 4.79 Å². The molecule has 6 heteroatoms. The summed E-state index contributed by atoms with van der Waals surface area (Å²) in [6.07, 6.45) is 2.56. The number of halogens is 2. The van der Waals surface area contributed by atoms with Crippen LogP contribution in [-0.4, -0.2) is 30.8 Å². The van der Waals surface area contributed by atoms with Crippen molar-refractivity contribution in [2.45, 2.75) is 30.2 Å². The van der Waals surface area contributed by atoms with Gasteiger partial charge in [-0.3, -0.25) is 4.79 Å². The van der Waals surface area contributed by atoms with Gasteiger partial charge in [-0.2, -0.15) is 0 Å². The molecule has 0 bridgehead atoms. The van der Waals surface area contributed by atoms with Crippen molar-refractivity contribution in [3.8, 4) is 0 Å². The molecule has 0 spiro atoms. The van der Waals surface area contributed by atoms with Crippen LogP contribution in [0.25, 0.3) is 0 Å². The quantitative estimate of drug-likeness (QED) is 0.620. The van der Waals surface area contributed by atoms with Gasteiger partial charge in [-0.1, -0.05) is 11.6 Å². The highest BCUT2D eigenvalue weighted by atomic mass is 35.5. The lowest BCUT2D eigenvalue weighted by Gasteiger charge is -2.10. The van der Waals surface area contributed by atoms with E-state index in [1.807, 2.05) is 24.3 Å². The molecule has 1 fully saturated rings. The standard InChI is InChI=1S/C14H19ClN2OS.ClH/c15-11-3-5-13(6-4-11)19-9-1-2-14(18)17-12-7-8-16-10-12;/h3-6,12,16H,1-2,7-10H2,(H,17,18);1H. The fourth-order valence-electron chi connectivity index (χ4n) is 2.03. The molecular formula is C14H20Cl2N2OS. The van der Waals surface area contributed by atoms with Gasteiger partial charge in [0, 0.05) is 28.9 Å². The topological polar surface area (TPSA) is 41.1 Å². The molecule has 0 radical (unpaired) electrons. The van der Waals surface area contributed by atoms with Gasteiger partial charge in [-0.05, 0) is 49.4 Å². The third-order valence-electron chi connectivity index (χ3n) is 3.06. The lowest BCUT2D eigenvalue weighted by Crippen LogP contribution is -2.36. The number of hydrogen-bond donors (Lipinski definition) is 2. The number of carbonyl (C=O) groups is 1. The second kappa shape index (κ2) is 9.50. The minimum Gasteiger partial charge on any atom is -0.352 e. The third kappa shape index (κ3) is 6.35. The maximum atomic E-state index is 11.7. The van der Waals surface area contributed by atoms with E-state index in [0.29, 0.717) is 12.5 Å². The van der Waals surface area contributed by atoms with E-state index in [2.05, 4.69) is 10.6 Å². The molecule has 2 rings (SSSR count). The molecule has 0 aliphatic carbocycles. The van der Waals surface area contributed by atoms with Crippen molar-refractivity contribution in [2.75, 3.05) is 18.8 Å². The molecule has 0 aromatic heterocycles. The molecule has 3 nitrogen and oxygen atoms in total. The normalized spacial score (nSPS) is 17.6. The van der Waals surface area contributed by atoms with Gasteiger partial charge < -0.3 is 10.6 Å². The van der Waals surface area contributed by atoms with Crippen molar-refractivity contribution in [1.29, 1.82) is 0 Å². The van der Waals surface area contributed by atoms with Gasteiger partial charge in [0.05, 0.1) is 0 Å². The van der Waals surface area contributed by atoms with Crippen LogP contribution < -0.4 is 10.6 Å². The molecular weight excluding hydrogens is 315 g/mol. The minimum absolute atomic E-state index is 0. The summed E-state index contributed by atoms with van der Waals surface area (Å²) < 4.78 is 0. The van der Waals surface area contributed by atoms with E-state index < -0.39 is 0 Å². The zero-order valence-electron chi connectivity index (χ0n) is 11.2. The molecule has 1 aromatic rings. The first-order valence-electron chi connectivity index (χ1n) is 6.62. The summed E-state index contributed by atoms with van der Waals surface area (Å²) in [5, 5.41) is 7.06. The lowest BCUT2D eigenvalue weighted by atomic mass is 10.2. The highest BCUT2D eigenvalue weighted by Gasteiger charge is 2.15. The van der Waals surface area contributed by atoms with Gasteiger partial charge in [-0.15, -0.1) is 24.2 Å². The van der Waals surface area contributed by atoms with Crippen molar-refractivity contribution < 1.29 is 4.79 Å². The second-order valence-electron chi connectivity index (χ2n) is 4.66. The number of nitrogens with one attached hydrogen (secondary N) is 2. The van der Waals surface area contributed by atoms with Gasteiger partial charge in [0.2, 0.25) is 5.91 Å². The largest absolute Gasteiger partial charge is 0.352 e. The molecule has 1 aliphatic heterocycles. The van der Waals surface area contributed by atoms with E-state index in [4.69, 9.17) is 11.6 Å². The summed E-state index contributed by atoms with van der Waals surface area (Å²) >= 11 is 7.59. The Bertz CT molecular complexity index is 408. The molecule has 1 unspecified atom stereocenters. The predicted molar refractivity (Wildman–Crippen MR) is 88.1 cm³/mol. The Morgan fingerprint density at radius 2 is 2.15 bits per heavy atom. The first-order valence-corrected chi connectivity index (χ1v) is 7.99. The molecule has 2 N–H and O–H groups in total. The van der Waals surface area contributed by atoms with Crippen LogP contribution in [0.15, 0.2) is 29.2 Å². The third-order valence-corrected chi connectivity index (χ3v) is 4.41. The first kappa shape index (κ1) is 17.6. The van der Waals surface area contributed by atoms with E-state index in [1.165, 1.54) is 4.90 Å². The molecule has 1 saturated heterocycles. The molecule has 1 atom stereocenters. The molecule has 112 valence electrons. The summed E-state index contributed by atoms with van der Waals surface area (Å²) in [5.74, 6) is 1.13. The summed E-state index contributed by atoms with van der Waals surface area (Å²) in [6.45, 7) is 1.92. The van der Waals surface area contributed by atoms with Crippen molar-refractivity contribution >= 4 is 41.7 Å². The Hall–Kier alpha value is -0.420. The van der Waals surface area contributed by atoms with Crippen molar-refractivity contribution in [1.82, 2.24) is 10.6 Å². The summed E-state index contributed by atoms with van der Waals surface area (Å²) in [6, 6.07) is 8.14. The van der Waals surface area contributed by atoms with E-state index in [1.54, 1.807) is 11.8 Å². The SMILES string of the molecule is Cl.O=C(CCCSc1ccc(Cl)cc1)NC1CCNC1. The fourth-order valence-corrected chi connectivity index (χ4v) is 3.01. The molecule has 1 aliphatic rings. The number of amides is 1. The zero-order chi connectivity index (χ0) is 13.5. The Labute approximate surface area is 135 Å². The van der Waals surface area contributed by atoms with E-state index in [-0.39, 0.29) is 18.3 Å². The summed E-state index contributed by atoms with van der Waals surface area (Å²) in [4.78, 5) is 12.9. The van der Waals surface area contributed by atoms with Crippen molar-refractivity contribution in [3.05, 3.63) is 29.3 Å². The van der Waals surface area contributed by atoms with Crippen LogP contribution in [0.4, 0.5) is 0 Å².